The summed E-state index contributed by atoms with van der Waals surface area (Å²) in [6, 6.07) is 48.3. The summed E-state index contributed by atoms with van der Waals surface area (Å²) < 4.78 is 6.70. The third kappa shape index (κ3) is 5.55. The monoisotopic (exact) mass is 742 g/mol. The van der Waals surface area contributed by atoms with Crippen molar-refractivity contribution < 1.29 is 4.42 Å². The Morgan fingerprint density at radius 2 is 1.00 bits per heavy atom. The van der Waals surface area contributed by atoms with Gasteiger partial charge in [-0.3, -0.25) is 0 Å². The van der Waals surface area contributed by atoms with E-state index in [2.05, 4.69) is 206 Å². The molecule has 0 bridgehead atoms. The third-order valence-electron chi connectivity index (χ3n) is 12.5. The van der Waals surface area contributed by atoms with Gasteiger partial charge in [0.2, 0.25) is 0 Å². The Labute approximate surface area is 338 Å². The van der Waals surface area contributed by atoms with Crippen LogP contribution in [0.5, 0.6) is 0 Å². The molecule has 282 valence electrons. The third-order valence-corrected chi connectivity index (χ3v) is 12.5. The van der Waals surface area contributed by atoms with Crippen LogP contribution in [0.2, 0.25) is 0 Å². The van der Waals surface area contributed by atoms with E-state index in [-0.39, 0.29) is 23.0 Å². The highest BCUT2D eigenvalue weighted by molar-refractivity contribution is 7.00. The van der Waals surface area contributed by atoms with E-state index in [0.717, 1.165) is 27.6 Å². The molecule has 3 nitrogen and oxygen atoms in total. The molecule has 1 aromatic heterocycles. The summed E-state index contributed by atoms with van der Waals surface area (Å²) in [6.45, 7) is 23.1. The molecule has 7 aromatic carbocycles. The van der Waals surface area contributed by atoms with E-state index in [1.807, 2.05) is 0 Å². The second-order valence-corrected chi connectivity index (χ2v) is 19.6. The van der Waals surface area contributed by atoms with Gasteiger partial charge in [-0.15, -0.1) is 0 Å². The van der Waals surface area contributed by atoms with E-state index in [0.29, 0.717) is 0 Å². The van der Waals surface area contributed by atoms with Crippen LogP contribution >= 0.6 is 0 Å². The summed E-state index contributed by atoms with van der Waals surface area (Å²) in [5.74, 6) is 0. The zero-order chi connectivity index (χ0) is 39.8. The number of fused-ring (bicyclic) bond motifs is 8. The fourth-order valence-electron chi connectivity index (χ4n) is 9.40. The number of anilines is 6. The lowest BCUT2D eigenvalue weighted by molar-refractivity contribution is 0.590. The lowest BCUT2D eigenvalue weighted by Crippen LogP contribution is -2.61. The van der Waals surface area contributed by atoms with Crippen molar-refractivity contribution in [3.05, 3.63) is 150 Å². The van der Waals surface area contributed by atoms with Gasteiger partial charge in [-0.2, -0.15) is 0 Å². The number of aryl methyl sites for hydroxylation is 1. The van der Waals surface area contributed by atoms with Crippen molar-refractivity contribution >= 4 is 89.9 Å². The molecule has 2 aliphatic heterocycles. The van der Waals surface area contributed by atoms with E-state index in [9.17, 15) is 0 Å². The minimum atomic E-state index is -0.0241. The van der Waals surface area contributed by atoms with Crippen molar-refractivity contribution in [1.29, 1.82) is 0 Å². The van der Waals surface area contributed by atoms with Crippen LogP contribution in [0, 0.1) is 6.92 Å². The van der Waals surface area contributed by atoms with Crippen LogP contribution in [0.25, 0.3) is 32.7 Å². The highest BCUT2D eigenvalue weighted by Crippen LogP contribution is 2.48. The SMILES string of the molecule is Cc1cc2c3c(c1)N(c1cccc4oc5cc6ccccc6cc5c14)c1ccc(C(C)(C)C)cc1B3c1cc(C(C)(C)C)ccc1N2c1ccc(C(C)(C)C)cc1. The molecule has 0 spiro atoms. The van der Waals surface area contributed by atoms with Crippen LogP contribution in [-0.4, -0.2) is 6.71 Å². The molecule has 3 heterocycles. The first-order valence-electron chi connectivity index (χ1n) is 20.5. The van der Waals surface area contributed by atoms with Crippen LogP contribution in [0.15, 0.2) is 132 Å². The molecule has 0 amide bonds. The van der Waals surface area contributed by atoms with Crippen molar-refractivity contribution in [3.8, 4) is 0 Å². The number of furan rings is 1. The number of hydrogen-bond donors (Lipinski definition) is 0. The van der Waals surface area contributed by atoms with Crippen LogP contribution in [0.3, 0.4) is 0 Å². The van der Waals surface area contributed by atoms with Gasteiger partial charge in [0.25, 0.3) is 6.71 Å². The standard InChI is InChI=1S/C53H51BN2O/c1-32-26-45-50-46(27-32)56(44-16-13-17-47-49(44)39-28-33-14-11-12-15-34(33)29-48(39)57-47)43-25-21-37(53(8,9)10)31-41(43)54(50)40-30-36(52(5,6)7)20-24-42(40)55(45)38-22-18-35(19-23-38)51(2,3)4/h11-31H,1-10H3. The number of benzene rings is 7. The highest BCUT2D eigenvalue weighted by atomic mass is 16.3. The summed E-state index contributed by atoms with van der Waals surface area (Å²) in [7, 11) is 0. The maximum Gasteiger partial charge on any atom is 0.252 e. The molecule has 0 aliphatic carbocycles. The van der Waals surface area contributed by atoms with Gasteiger partial charge in [0.1, 0.15) is 11.2 Å². The predicted molar refractivity (Wildman–Crippen MR) is 246 cm³/mol. The maximum atomic E-state index is 6.70. The molecule has 0 fully saturated rings. The Balaban J connectivity index is 1.32. The lowest BCUT2D eigenvalue weighted by Gasteiger charge is -2.45. The molecule has 0 unspecified atom stereocenters. The first kappa shape index (κ1) is 35.7. The van der Waals surface area contributed by atoms with Crippen molar-refractivity contribution in [2.75, 3.05) is 9.80 Å². The van der Waals surface area contributed by atoms with Crippen molar-refractivity contribution in [2.24, 2.45) is 0 Å². The average Bonchev–Trinajstić information content (AvgIpc) is 3.53. The second-order valence-electron chi connectivity index (χ2n) is 19.6. The Kier molecular flexibility index (Phi) is 7.59. The average molecular weight is 743 g/mol. The largest absolute Gasteiger partial charge is 0.456 e. The fourth-order valence-corrected chi connectivity index (χ4v) is 9.40. The Hall–Kier alpha value is -5.74. The lowest BCUT2D eigenvalue weighted by atomic mass is 9.33. The molecule has 8 aromatic rings. The van der Waals surface area contributed by atoms with Crippen LogP contribution in [0.1, 0.15) is 84.6 Å². The summed E-state index contributed by atoms with van der Waals surface area (Å²) in [5, 5.41) is 4.67. The second kappa shape index (κ2) is 12.1. The van der Waals surface area contributed by atoms with Gasteiger partial charge in [-0.05, 0) is 133 Å². The zero-order valence-corrected chi connectivity index (χ0v) is 35.0. The van der Waals surface area contributed by atoms with E-state index in [1.54, 1.807) is 0 Å². The Bertz CT molecular complexity index is 2930. The molecule has 0 N–H and O–H groups in total. The van der Waals surface area contributed by atoms with Crippen LogP contribution in [-0.2, 0) is 16.2 Å². The molecule has 0 saturated heterocycles. The fraction of sp³-hybridized carbons (Fsp3) is 0.245. The summed E-state index contributed by atoms with van der Waals surface area (Å²) in [6.07, 6.45) is 0. The number of rotatable bonds is 2. The summed E-state index contributed by atoms with van der Waals surface area (Å²) in [5.41, 5.74) is 18.3. The maximum absolute atomic E-state index is 6.70. The van der Waals surface area contributed by atoms with E-state index in [4.69, 9.17) is 4.42 Å². The van der Waals surface area contributed by atoms with E-state index in [1.165, 1.54) is 77.9 Å². The van der Waals surface area contributed by atoms with E-state index < -0.39 is 0 Å². The molecule has 0 radical (unpaired) electrons. The molecule has 0 saturated carbocycles. The molecule has 10 rings (SSSR count). The smallest absolute Gasteiger partial charge is 0.252 e. The number of hydrogen-bond acceptors (Lipinski definition) is 3. The first-order valence-corrected chi connectivity index (χ1v) is 20.5. The van der Waals surface area contributed by atoms with Crippen molar-refractivity contribution in [1.82, 2.24) is 0 Å². The van der Waals surface area contributed by atoms with Crippen molar-refractivity contribution in [2.45, 2.75) is 85.5 Å². The van der Waals surface area contributed by atoms with Gasteiger partial charge in [-0.1, -0.05) is 129 Å². The summed E-state index contributed by atoms with van der Waals surface area (Å²) >= 11 is 0. The van der Waals surface area contributed by atoms with Crippen LogP contribution in [0.4, 0.5) is 34.1 Å². The quantitative estimate of drug-likeness (QED) is 0.164. The molecule has 2 aliphatic rings. The molecule has 57 heavy (non-hydrogen) atoms. The van der Waals surface area contributed by atoms with Crippen LogP contribution < -0.4 is 26.2 Å². The normalized spacial score (nSPS) is 14.0. The van der Waals surface area contributed by atoms with E-state index >= 15 is 0 Å². The zero-order valence-electron chi connectivity index (χ0n) is 35.0. The van der Waals surface area contributed by atoms with Gasteiger partial charge < -0.3 is 14.2 Å². The predicted octanol–water partition coefficient (Wildman–Crippen LogP) is 13.0. The van der Waals surface area contributed by atoms with Gasteiger partial charge in [0.05, 0.1) is 11.1 Å². The van der Waals surface area contributed by atoms with Gasteiger partial charge in [0.15, 0.2) is 0 Å². The molecular formula is C53H51BN2O. The topological polar surface area (TPSA) is 19.6 Å². The molecule has 4 heteroatoms. The highest BCUT2D eigenvalue weighted by Gasteiger charge is 2.44. The van der Waals surface area contributed by atoms with Gasteiger partial charge in [-0.25, -0.2) is 0 Å². The first-order chi connectivity index (χ1) is 27.1. The Morgan fingerprint density at radius 3 is 1.60 bits per heavy atom. The van der Waals surface area contributed by atoms with Gasteiger partial charge in [0, 0.05) is 33.8 Å². The Morgan fingerprint density at radius 1 is 0.456 bits per heavy atom. The van der Waals surface area contributed by atoms with Gasteiger partial charge >= 0.3 is 0 Å². The van der Waals surface area contributed by atoms with Crippen molar-refractivity contribution in [3.63, 3.8) is 0 Å². The minimum Gasteiger partial charge on any atom is -0.456 e. The minimum absolute atomic E-state index is 0.0104. The molecule has 0 atom stereocenters. The number of nitrogens with zero attached hydrogens (tertiary/aromatic N) is 2. The summed E-state index contributed by atoms with van der Waals surface area (Å²) in [4.78, 5) is 5.09. The molecular weight excluding hydrogens is 691 g/mol.